The zero-order valence-corrected chi connectivity index (χ0v) is 16.4. The summed E-state index contributed by atoms with van der Waals surface area (Å²) in [5.74, 6) is 0.273. The first kappa shape index (κ1) is 20.2. The zero-order valence-electron chi connectivity index (χ0n) is 16.4. The van der Waals surface area contributed by atoms with Crippen molar-refractivity contribution < 1.29 is 28.6 Å². The fourth-order valence-corrected chi connectivity index (χ4v) is 3.32. The van der Waals surface area contributed by atoms with Crippen molar-refractivity contribution in [2.24, 2.45) is 0 Å². The Morgan fingerprint density at radius 2 is 1.38 bits per heavy atom. The van der Waals surface area contributed by atoms with Gasteiger partial charge in [0.05, 0.1) is 27.8 Å². The van der Waals surface area contributed by atoms with Gasteiger partial charge in [0.15, 0.2) is 5.54 Å². The predicted octanol–water partition coefficient (Wildman–Crippen LogP) is 2.06. The summed E-state index contributed by atoms with van der Waals surface area (Å²) >= 11 is 0. The number of carbonyl (C=O) groups excluding carboxylic acids is 3. The molecule has 1 saturated heterocycles. The van der Waals surface area contributed by atoms with Gasteiger partial charge in [0.1, 0.15) is 11.5 Å². The molecule has 1 heterocycles. The molecule has 1 N–H and O–H groups in total. The lowest BCUT2D eigenvalue weighted by atomic mass is 9.82. The summed E-state index contributed by atoms with van der Waals surface area (Å²) in [6.45, 7) is -0.0780. The summed E-state index contributed by atoms with van der Waals surface area (Å²) in [6, 6.07) is 13.2. The molecule has 0 unspecified atom stereocenters. The molecule has 0 atom stereocenters. The third-order valence-electron chi connectivity index (χ3n) is 4.92. The van der Waals surface area contributed by atoms with Crippen LogP contribution in [0.1, 0.15) is 17.5 Å². The average molecular weight is 398 g/mol. The molecule has 152 valence electrons. The molecule has 1 aliphatic rings. The van der Waals surface area contributed by atoms with Crippen LogP contribution >= 0.6 is 0 Å². The summed E-state index contributed by atoms with van der Waals surface area (Å²) in [6.07, 6.45) is -0.0863. The fourth-order valence-electron chi connectivity index (χ4n) is 3.32. The van der Waals surface area contributed by atoms with Gasteiger partial charge in [-0.3, -0.25) is 14.5 Å². The maximum atomic E-state index is 13.5. The number of hydrogen-bond acceptors (Lipinski definition) is 6. The molecular weight excluding hydrogens is 376 g/mol. The number of esters is 1. The molecule has 0 aliphatic carbocycles. The summed E-state index contributed by atoms with van der Waals surface area (Å²) in [5, 5.41) is 2.82. The lowest BCUT2D eigenvalue weighted by Gasteiger charge is -2.28. The summed E-state index contributed by atoms with van der Waals surface area (Å²) in [7, 11) is 4.35. The van der Waals surface area contributed by atoms with Crippen molar-refractivity contribution in [2.75, 3.05) is 27.9 Å². The van der Waals surface area contributed by atoms with Crippen LogP contribution in [0.15, 0.2) is 48.5 Å². The highest BCUT2D eigenvalue weighted by molar-refractivity contribution is 6.09. The summed E-state index contributed by atoms with van der Waals surface area (Å²) in [4.78, 5) is 38.7. The van der Waals surface area contributed by atoms with E-state index in [1.165, 1.54) is 7.11 Å². The first-order chi connectivity index (χ1) is 14.0. The van der Waals surface area contributed by atoms with E-state index in [0.29, 0.717) is 22.6 Å². The van der Waals surface area contributed by atoms with Crippen molar-refractivity contribution >= 4 is 17.9 Å². The molecular formula is C21H22N2O6. The van der Waals surface area contributed by atoms with Crippen LogP contribution in [0.25, 0.3) is 0 Å². The number of nitrogens with one attached hydrogen (secondary N) is 1. The molecule has 8 nitrogen and oxygen atoms in total. The Bertz CT molecular complexity index is 860. The number of hydrogen-bond donors (Lipinski definition) is 1. The maximum Gasteiger partial charge on any atom is 0.325 e. The summed E-state index contributed by atoms with van der Waals surface area (Å²) in [5.41, 5.74) is -0.282. The number of methoxy groups -OCH3 is 3. The molecule has 29 heavy (non-hydrogen) atoms. The number of urea groups is 1. The number of imide groups is 1. The van der Waals surface area contributed by atoms with Crippen LogP contribution < -0.4 is 14.8 Å². The smallest absolute Gasteiger partial charge is 0.325 e. The van der Waals surface area contributed by atoms with Crippen LogP contribution in [0, 0.1) is 0 Å². The first-order valence-corrected chi connectivity index (χ1v) is 8.96. The van der Waals surface area contributed by atoms with Gasteiger partial charge in [-0.1, -0.05) is 24.3 Å². The molecule has 3 amide bonds. The Labute approximate surface area is 168 Å². The minimum atomic E-state index is -1.42. The van der Waals surface area contributed by atoms with E-state index in [1.54, 1.807) is 62.8 Å². The number of rotatable bonds is 7. The van der Waals surface area contributed by atoms with Crippen molar-refractivity contribution in [2.45, 2.75) is 12.0 Å². The molecule has 0 spiro atoms. The third-order valence-corrected chi connectivity index (χ3v) is 4.92. The molecule has 0 aromatic heterocycles. The molecule has 3 rings (SSSR count). The van der Waals surface area contributed by atoms with Gasteiger partial charge in [-0.05, 0) is 35.4 Å². The Balaban J connectivity index is 2.06. The molecule has 0 saturated carbocycles. The normalized spacial score (nSPS) is 15.1. The second kappa shape index (κ2) is 8.22. The molecule has 2 aromatic carbocycles. The largest absolute Gasteiger partial charge is 0.497 e. The van der Waals surface area contributed by atoms with Gasteiger partial charge < -0.3 is 19.5 Å². The lowest BCUT2D eigenvalue weighted by Crippen LogP contribution is -2.45. The number of benzene rings is 2. The van der Waals surface area contributed by atoms with Gasteiger partial charge in [0.25, 0.3) is 5.91 Å². The van der Waals surface area contributed by atoms with E-state index < -0.39 is 23.4 Å². The summed E-state index contributed by atoms with van der Waals surface area (Å²) < 4.78 is 15.0. The highest BCUT2D eigenvalue weighted by atomic mass is 16.5. The second-order valence-corrected chi connectivity index (χ2v) is 6.42. The number of ether oxygens (including phenoxy) is 3. The molecule has 0 radical (unpaired) electrons. The van der Waals surface area contributed by atoms with Crippen LogP contribution in [0.5, 0.6) is 11.5 Å². The van der Waals surface area contributed by atoms with Crippen molar-refractivity contribution in [1.29, 1.82) is 0 Å². The predicted molar refractivity (Wildman–Crippen MR) is 104 cm³/mol. The average Bonchev–Trinajstić information content (AvgIpc) is 3.02. The molecule has 0 bridgehead atoms. The molecule has 8 heteroatoms. The zero-order chi connectivity index (χ0) is 21.0. The van der Waals surface area contributed by atoms with Crippen LogP contribution in [-0.4, -0.2) is 50.7 Å². The Morgan fingerprint density at radius 1 is 0.897 bits per heavy atom. The quantitative estimate of drug-likeness (QED) is 0.567. The standard InChI is InChI=1S/C21H22N2O6/c1-27-16-8-4-14(5-9-16)21(15-6-10-17(28-2)11-7-15)19(25)23(20(26)22-21)13-12-18(24)29-3/h4-11H,12-13H2,1-3H3,(H,22,26). The van der Waals surface area contributed by atoms with Crippen LogP contribution in [0.3, 0.4) is 0 Å². The maximum absolute atomic E-state index is 13.5. The van der Waals surface area contributed by atoms with E-state index in [2.05, 4.69) is 10.1 Å². The van der Waals surface area contributed by atoms with E-state index in [9.17, 15) is 14.4 Å². The van der Waals surface area contributed by atoms with Crippen molar-refractivity contribution in [3.63, 3.8) is 0 Å². The molecule has 1 fully saturated rings. The minimum absolute atomic E-state index is 0.0780. The van der Waals surface area contributed by atoms with E-state index in [4.69, 9.17) is 9.47 Å². The molecule has 2 aromatic rings. The highest BCUT2D eigenvalue weighted by Gasteiger charge is 2.53. The Morgan fingerprint density at radius 3 is 1.79 bits per heavy atom. The first-order valence-electron chi connectivity index (χ1n) is 8.96. The van der Waals surface area contributed by atoms with Crippen LogP contribution in [0.2, 0.25) is 0 Å². The number of amides is 3. The van der Waals surface area contributed by atoms with Crippen LogP contribution in [-0.2, 0) is 19.9 Å². The number of nitrogens with zero attached hydrogens (tertiary/aromatic N) is 1. The van der Waals surface area contributed by atoms with Gasteiger partial charge >= 0.3 is 12.0 Å². The van der Waals surface area contributed by atoms with Gasteiger partial charge in [0, 0.05) is 6.54 Å². The van der Waals surface area contributed by atoms with Crippen molar-refractivity contribution in [3.8, 4) is 11.5 Å². The van der Waals surface area contributed by atoms with Gasteiger partial charge in [-0.2, -0.15) is 0 Å². The lowest BCUT2D eigenvalue weighted by molar-refractivity contribution is -0.141. The van der Waals surface area contributed by atoms with Crippen molar-refractivity contribution in [3.05, 3.63) is 59.7 Å². The Hall–Kier alpha value is -3.55. The number of carbonyl (C=O) groups is 3. The van der Waals surface area contributed by atoms with Gasteiger partial charge in [-0.15, -0.1) is 0 Å². The van der Waals surface area contributed by atoms with E-state index in [0.717, 1.165) is 4.90 Å². The second-order valence-electron chi connectivity index (χ2n) is 6.42. The highest BCUT2D eigenvalue weighted by Crippen LogP contribution is 2.37. The van der Waals surface area contributed by atoms with Crippen LogP contribution in [0.4, 0.5) is 4.79 Å². The van der Waals surface area contributed by atoms with Gasteiger partial charge in [0.2, 0.25) is 0 Å². The van der Waals surface area contributed by atoms with E-state index >= 15 is 0 Å². The third kappa shape index (κ3) is 3.61. The minimum Gasteiger partial charge on any atom is -0.497 e. The fraction of sp³-hybridized carbons (Fsp3) is 0.286. The van der Waals surface area contributed by atoms with Gasteiger partial charge in [-0.25, -0.2) is 4.79 Å². The van der Waals surface area contributed by atoms with Crippen molar-refractivity contribution in [1.82, 2.24) is 10.2 Å². The SMILES string of the molecule is COC(=O)CCN1C(=O)NC(c2ccc(OC)cc2)(c2ccc(OC)cc2)C1=O. The van der Waals surface area contributed by atoms with E-state index in [-0.39, 0.29) is 13.0 Å². The monoisotopic (exact) mass is 398 g/mol. The van der Waals surface area contributed by atoms with E-state index in [1.807, 2.05) is 0 Å². The topological polar surface area (TPSA) is 94.2 Å². The Kier molecular flexibility index (Phi) is 5.72. The molecule has 1 aliphatic heterocycles.